The lowest BCUT2D eigenvalue weighted by molar-refractivity contribution is 0.340. The molecule has 1 aliphatic carbocycles. The Bertz CT molecular complexity index is 380. The van der Waals surface area contributed by atoms with Gasteiger partial charge in [0.05, 0.1) is 0 Å². The van der Waals surface area contributed by atoms with Gasteiger partial charge in [0.1, 0.15) is 5.82 Å². The van der Waals surface area contributed by atoms with E-state index in [1.54, 1.807) is 0 Å². The van der Waals surface area contributed by atoms with Crippen molar-refractivity contribution >= 4 is 5.82 Å². The molecule has 0 spiro atoms. The summed E-state index contributed by atoms with van der Waals surface area (Å²) < 4.78 is 0. The van der Waals surface area contributed by atoms with Crippen LogP contribution in [0.5, 0.6) is 0 Å². The van der Waals surface area contributed by atoms with Gasteiger partial charge in [0.2, 0.25) is 0 Å². The van der Waals surface area contributed by atoms with E-state index in [0.29, 0.717) is 6.04 Å². The summed E-state index contributed by atoms with van der Waals surface area (Å²) >= 11 is 0. The van der Waals surface area contributed by atoms with E-state index in [9.17, 15) is 0 Å². The Morgan fingerprint density at radius 3 is 2.60 bits per heavy atom. The third-order valence-corrected chi connectivity index (χ3v) is 4.46. The predicted octanol–water partition coefficient (Wildman–Crippen LogP) is 3.60. The molecule has 1 N–H and O–H groups in total. The highest BCUT2D eigenvalue weighted by atomic mass is 15.2. The number of pyridine rings is 1. The summed E-state index contributed by atoms with van der Waals surface area (Å²) in [4.78, 5) is 7.01. The second-order valence-corrected chi connectivity index (χ2v) is 6.23. The molecular formula is C17H29N3. The lowest BCUT2D eigenvalue weighted by atomic mass is 9.87. The molecule has 0 aromatic carbocycles. The van der Waals surface area contributed by atoms with E-state index in [0.717, 1.165) is 24.8 Å². The summed E-state index contributed by atoms with van der Waals surface area (Å²) in [6.45, 7) is 6.55. The smallest absolute Gasteiger partial charge is 0.128 e. The SMILES string of the molecule is CCCNCc1ccc(N(C)C2CCC(C)CC2)nc1. The van der Waals surface area contributed by atoms with Crippen molar-refractivity contribution in [1.29, 1.82) is 0 Å². The Morgan fingerprint density at radius 1 is 1.25 bits per heavy atom. The fraction of sp³-hybridized carbons (Fsp3) is 0.706. The van der Waals surface area contributed by atoms with Crippen LogP contribution >= 0.6 is 0 Å². The Hall–Kier alpha value is -1.09. The van der Waals surface area contributed by atoms with Crippen LogP contribution < -0.4 is 10.2 Å². The van der Waals surface area contributed by atoms with Crippen molar-refractivity contribution in [2.24, 2.45) is 5.92 Å². The van der Waals surface area contributed by atoms with E-state index < -0.39 is 0 Å². The average molecular weight is 275 g/mol. The number of anilines is 1. The normalized spacial score (nSPS) is 22.8. The molecule has 1 aromatic heterocycles. The van der Waals surface area contributed by atoms with Gasteiger partial charge in [-0.1, -0.05) is 19.9 Å². The van der Waals surface area contributed by atoms with Crippen molar-refractivity contribution < 1.29 is 0 Å². The van der Waals surface area contributed by atoms with Gasteiger partial charge < -0.3 is 10.2 Å². The molecule has 3 nitrogen and oxygen atoms in total. The minimum absolute atomic E-state index is 0.669. The molecule has 1 saturated carbocycles. The number of rotatable bonds is 6. The summed E-state index contributed by atoms with van der Waals surface area (Å²) in [5.41, 5.74) is 1.27. The van der Waals surface area contributed by atoms with E-state index in [4.69, 9.17) is 0 Å². The highest BCUT2D eigenvalue weighted by Gasteiger charge is 2.22. The first kappa shape index (κ1) is 15.3. The monoisotopic (exact) mass is 275 g/mol. The molecule has 3 heteroatoms. The number of nitrogens with one attached hydrogen (secondary N) is 1. The average Bonchev–Trinajstić information content (AvgIpc) is 2.48. The van der Waals surface area contributed by atoms with Gasteiger partial charge in [-0.05, 0) is 56.2 Å². The molecule has 20 heavy (non-hydrogen) atoms. The summed E-state index contributed by atoms with van der Waals surface area (Å²) in [7, 11) is 2.19. The second kappa shape index (κ2) is 7.63. The molecule has 0 bridgehead atoms. The third kappa shape index (κ3) is 4.20. The summed E-state index contributed by atoms with van der Waals surface area (Å²) in [5, 5.41) is 3.41. The van der Waals surface area contributed by atoms with Gasteiger partial charge in [-0.2, -0.15) is 0 Å². The fourth-order valence-electron chi connectivity index (χ4n) is 2.96. The molecule has 2 rings (SSSR count). The van der Waals surface area contributed by atoms with Gasteiger partial charge in [0, 0.05) is 25.8 Å². The lowest BCUT2D eigenvalue weighted by Crippen LogP contribution is -2.35. The van der Waals surface area contributed by atoms with Crippen LogP contribution in [0.25, 0.3) is 0 Å². The molecule has 1 aromatic rings. The highest BCUT2D eigenvalue weighted by molar-refractivity contribution is 5.39. The third-order valence-electron chi connectivity index (χ3n) is 4.46. The molecule has 1 fully saturated rings. The largest absolute Gasteiger partial charge is 0.357 e. The van der Waals surface area contributed by atoms with Crippen molar-refractivity contribution in [2.75, 3.05) is 18.5 Å². The van der Waals surface area contributed by atoms with Crippen LogP contribution in [0.1, 0.15) is 51.5 Å². The molecule has 1 heterocycles. The summed E-state index contributed by atoms with van der Waals surface area (Å²) in [5.74, 6) is 2.02. The molecule has 0 saturated heterocycles. The zero-order valence-electron chi connectivity index (χ0n) is 13.2. The van der Waals surface area contributed by atoms with Gasteiger partial charge in [-0.25, -0.2) is 4.98 Å². The van der Waals surface area contributed by atoms with Crippen molar-refractivity contribution in [1.82, 2.24) is 10.3 Å². The molecule has 0 amide bonds. The van der Waals surface area contributed by atoms with Gasteiger partial charge in [0.25, 0.3) is 0 Å². The molecule has 0 atom stereocenters. The molecule has 0 aliphatic heterocycles. The van der Waals surface area contributed by atoms with Gasteiger partial charge >= 0.3 is 0 Å². The lowest BCUT2D eigenvalue weighted by Gasteiger charge is -2.34. The van der Waals surface area contributed by atoms with E-state index in [2.05, 4.69) is 48.2 Å². The second-order valence-electron chi connectivity index (χ2n) is 6.23. The molecule has 112 valence electrons. The predicted molar refractivity (Wildman–Crippen MR) is 86.1 cm³/mol. The highest BCUT2D eigenvalue weighted by Crippen LogP contribution is 2.28. The molecule has 0 radical (unpaired) electrons. The van der Waals surface area contributed by atoms with Crippen molar-refractivity contribution in [2.45, 2.75) is 58.5 Å². The van der Waals surface area contributed by atoms with Crippen LogP contribution in [0.2, 0.25) is 0 Å². The summed E-state index contributed by atoms with van der Waals surface area (Å²) in [6, 6.07) is 5.04. The van der Waals surface area contributed by atoms with Crippen LogP contribution in [-0.4, -0.2) is 24.6 Å². The van der Waals surface area contributed by atoms with E-state index >= 15 is 0 Å². The first-order valence-electron chi connectivity index (χ1n) is 8.09. The van der Waals surface area contributed by atoms with Crippen LogP contribution in [0.15, 0.2) is 18.3 Å². The molecule has 1 aliphatic rings. The topological polar surface area (TPSA) is 28.2 Å². The minimum Gasteiger partial charge on any atom is -0.357 e. The Balaban J connectivity index is 1.88. The zero-order chi connectivity index (χ0) is 14.4. The van der Waals surface area contributed by atoms with Crippen molar-refractivity contribution in [3.63, 3.8) is 0 Å². The summed E-state index contributed by atoms with van der Waals surface area (Å²) in [6.07, 6.45) is 8.51. The van der Waals surface area contributed by atoms with Crippen molar-refractivity contribution in [3.05, 3.63) is 23.9 Å². The van der Waals surface area contributed by atoms with Crippen LogP contribution in [-0.2, 0) is 6.54 Å². The number of aromatic nitrogens is 1. The van der Waals surface area contributed by atoms with E-state index in [1.807, 2.05) is 6.20 Å². The number of hydrogen-bond acceptors (Lipinski definition) is 3. The Morgan fingerprint density at radius 2 is 2.00 bits per heavy atom. The Kier molecular flexibility index (Phi) is 5.84. The standard InChI is InChI=1S/C17H29N3/c1-4-11-18-12-15-7-10-17(19-13-15)20(3)16-8-5-14(2)6-9-16/h7,10,13-14,16,18H,4-6,8-9,11-12H2,1-3H3. The maximum atomic E-state index is 4.64. The Labute approximate surface area is 123 Å². The fourth-order valence-corrected chi connectivity index (χ4v) is 2.96. The molecular weight excluding hydrogens is 246 g/mol. The van der Waals surface area contributed by atoms with Crippen LogP contribution in [0, 0.1) is 5.92 Å². The maximum absolute atomic E-state index is 4.64. The zero-order valence-corrected chi connectivity index (χ0v) is 13.2. The van der Waals surface area contributed by atoms with Gasteiger partial charge in [-0.3, -0.25) is 0 Å². The quantitative estimate of drug-likeness (QED) is 0.804. The minimum atomic E-state index is 0.669. The maximum Gasteiger partial charge on any atom is 0.128 e. The first-order chi connectivity index (χ1) is 9.70. The number of hydrogen-bond donors (Lipinski definition) is 1. The van der Waals surface area contributed by atoms with E-state index in [1.165, 1.54) is 37.7 Å². The molecule has 0 unspecified atom stereocenters. The van der Waals surface area contributed by atoms with Gasteiger partial charge in [0.15, 0.2) is 0 Å². The number of nitrogens with zero attached hydrogens (tertiary/aromatic N) is 2. The van der Waals surface area contributed by atoms with Gasteiger partial charge in [-0.15, -0.1) is 0 Å². The van der Waals surface area contributed by atoms with E-state index in [-0.39, 0.29) is 0 Å². The van der Waals surface area contributed by atoms with Crippen molar-refractivity contribution in [3.8, 4) is 0 Å². The first-order valence-corrected chi connectivity index (χ1v) is 8.09. The van der Waals surface area contributed by atoms with Crippen LogP contribution in [0.4, 0.5) is 5.82 Å². The van der Waals surface area contributed by atoms with Crippen LogP contribution in [0.3, 0.4) is 0 Å².